The van der Waals surface area contributed by atoms with Crippen molar-refractivity contribution in [3.05, 3.63) is 59.8 Å². The molecule has 0 aliphatic rings. The first-order chi connectivity index (χ1) is 11.0. The molecule has 0 aliphatic heterocycles. The van der Waals surface area contributed by atoms with Crippen molar-refractivity contribution in [1.29, 1.82) is 0 Å². The second-order valence-electron chi connectivity index (χ2n) is 5.20. The van der Waals surface area contributed by atoms with Gasteiger partial charge < -0.3 is 4.74 Å². The summed E-state index contributed by atoms with van der Waals surface area (Å²) in [6.45, 7) is 1.87. The number of aryl methyl sites for hydroxylation is 1. The molecule has 0 N–H and O–H groups in total. The highest BCUT2D eigenvalue weighted by atomic mass is 32.2. The van der Waals surface area contributed by atoms with Gasteiger partial charge in [-0.2, -0.15) is 0 Å². The van der Waals surface area contributed by atoms with Crippen LogP contribution in [0.3, 0.4) is 0 Å². The molecule has 1 aromatic heterocycles. The van der Waals surface area contributed by atoms with E-state index in [1.807, 2.05) is 13.0 Å². The normalized spacial score (nSPS) is 11.6. The molecule has 0 bridgehead atoms. The maximum atomic E-state index is 12.9. The first-order valence-corrected chi connectivity index (χ1v) is 8.38. The molecule has 5 nitrogen and oxygen atoms in total. The number of methoxy groups -OCH3 is 1. The Bertz CT molecular complexity index is 985. The average Bonchev–Trinajstić information content (AvgIpc) is 2.93. The van der Waals surface area contributed by atoms with E-state index in [9.17, 15) is 13.2 Å². The number of fused-ring (bicyclic) bond motifs is 1. The number of nitrogens with zero attached hydrogens (tertiary/aromatic N) is 1. The van der Waals surface area contributed by atoms with Crippen molar-refractivity contribution in [3.8, 4) is 5.75 Å². The zero-order chi connectivity index (χ0) is 16.6. The Hall–Kier alpha value is -2.60. The number of ether oxygens (including phenoxy) is 1. The fraction of sp³-hybridized carbons (Fsp3) is 0.118. The third kappa shape index (κ3) is 2.51. The fourth-order valence-corrected chi connectivity index (χ4v) is 3.86. The van der Waals surface area contributed by atoms with Crippen LogP contribution in [-0.4, -0.2) is 25.8 Å². The van der Waals surface area contributed by atoms with Gasteiger partial charge in [-0.05, 0) is 42.8 Å². The number of carbonyl (C=O) groups is 1. The van der Waals surface area contributed by atoms with Crippen LogP contribution in [0.25, 0.3) is 10.9 Å². The standard InChI is InChI=1S/C17H15NO4S/c1-12-3-8-16-13(11-19)10-18(17(16)9-12)23(20,21)15-6-4-14(22-2)5-7-15/h3-11H,1-2H3. The molecule has 0 fully saturated rings. The van der Waals surface area contributed by atoms with Crippen molar-refractivity contribution in [3.63, 3.8) is 0 Å². The van der Waals surface area contributed by atoms with E-state index in [0.29, 0.717) is 28.5 Å². The van der Waals surface area contributed by atoms with Crippen molar-refractivity contribution in [2.24, 2.45) is 0 Å². The third-order valence-electron chi connectivity index (χ3n) is 3.70. The highest BCUT2D eigenvalue weighted by Crippen LogP contribution is 2.27. The molecule has 6 heteroatoms. The lowest BCUT2D eigenvalue weighted by Gasteiger charge is -2.08. The maximum Gasteiger partial charge on any atom is 0.268 e. The van der Waals surface area contributed by atoms with Crippen LogP contribution in [0.1, 0.15) is 15.9 Å². The molecule has 0 atom stereocenters. The van der Waals surface area contributed by atoms with Crippen LogP contribution in [0.5, 0.6) is 5.75 Å². The quantitative estimate of drug-likeness (QED) is 0.690. The van der Waals surface area contributed by atoms with Gasteiger partial charge in [0.2, 0.25) is 0 Å². The summed E-state index contributed by atoms with van der Waals surface area (Å²) in [5.74, 6) is 0.575. The van der Waals surface area contributed by atoms with Crippen molar-refractivity contribution in [2.45, 2.75) is 11.8 Å². The van der Waals surface area contributed by atoms with E-state index in [1.165, 1.54) is 25.4 Å². The summed E-state index contributed by atoms with van der Waals surface area (Å²) >= 11 is 0. The van der Waals surface area contributed by atoms with E-state index in [2.05, 4.69) is 0 Å². The lowest BCUT2D eigenvalue weighted by molar-refractivity contribution is 0.112. The third-order valence-corrected chi connectivity index (χ3v) is 5.39. The number of aldehydes is 1. The molecule has 0 saturated heterocycles. The number of hydrogen-bond donors (Lipinski definition) is 0. The predicted octanol–water partition coefficient (Wildman–Crippen LogP) is 3.01. The van der Waals surface area contributed by atoms with E-state index < -0.39 is 10.0 Å². The minimum Gasteiger partial charge on any atom is -0.497 e. The smallest absolute Gasteiger partial charge is 0.268 e. The lowest BCUT2D eigenvalue weighted by atomic mass is 10.1. The fourth-order valence-electron chi connectivity index (χ4n) is 2.49. The van der Waals surface area contributed by atoms with Crippen LogP contribution in [0.2, 0.25) is 0 Å². The number of hydrogen-bond acceptors (Lipinski definition) is 4. The number of benzene rings is 2. The maximum absolute atomic E-state index is 12.9. The van der Waals surface area contributed by atoms with Gasteiger partial charge in [0.15, 0.2) is 6.29 Å². The molecule has 0 saturated carbocycles. The first kappa shape index (κ1) is 15.3. The van der Waals surface area contributed by atoms with Gasteiger partial charge in [0.25, 0.3) is 10.0 Å². The molecule has 2 aromatic carbocycles. The lowest BCUT2D eigenvalue weighted by Crippen LogP contribution is -2.11. The van der Waals surface area contributed by atoms with Crippen LogP contribution in [-0.2, 0) is 10.0 Å². The van der Waals surface area contributed by atoms with E-state index in [1.54, 1.807) is 24.3 Å². The predicted molar refractivity (Wildman–Crippen MR) is 87.6 cm³/mol. The van der Waals surface area contributed by atoms with Gasteiger partial charge in [0.1, 0.15) is 5.75 Å². The Morgan fingerprint density at radius 1 is 1.09 bits per heavy atom. The molecule has 0 radical (unpaired) electrons. The molecular weight excluding hydrogens is 314 g/mol. The Kier molecular flexibility index (Phi) is 3.69. The second kappa shape index (κ2) is 5.55. The van der Waals surface area contributed by atoms with Crippen LogP contribution in [0, 0.1) is 6.92 Å². The molecule has 3 aromatic rings. The topological polar surface area (TPSA) is 65.4 Å². The second-order valence-corrected chi connectivity index (χ2v) is 7.01. The Morgan fingerprint density at radius 2 is 1.78 bits per heavy atom. The van der Waals surface area contributed by atoms with Gasteiger partial charge in [-0.3, -0.25) is 4.79 Å². The minimum atomic E-state index is -3.79. The average molecular weight is 329 g/mol. The number of rotatable bonds is 4. The molecular formula is C17H15NO4S. The number of carbonyl (C=O) groups excluding carboxylic acids is 1. The molecule has 0 amide bonds. The van der Waals surface area contributed by atoms with Crippen LogP contribution < -0.4 is 4.74 Å². The summed E-state index contributed by atoms with van der Waals surface area (Å²) < 4.78 is 32.0. The Balaban J connectivity index is 2.25. The van der Waals surface area contributed by atoms with Gasteiger partial charge in [-0.15, -0.1) is 0 Å². The van der Waals surface area contributed by atoms with E-state index in [0.717, 1.165) is 9.54 Å². The Morgan fingerprint density at radius 3 is 2.39 bits per heavy atom. The van der Waals surface area contributed by atoms with Crippen molar-refractivity contribution in [1.82, 2.24) is 3.97 Å². The summed E-state index contributed by atoms with van der Waals surface area (Å²) in [7, 11) is -2.28. The van der Waals surface area contributed by atoms with Gasteiger partial charge >= 0.3 is 0 Å². The van der Waals surface area contributed by atoms with Crippen LogP contribution in [0.15, 0.2) is 53.6 Å². The first-order valence-electron chi connectivity index (χ1n) is 6.94. The molecule has 3 rings (SSSR count). The van der Waals surface area contributed by atoms with E-state index in [-0.39, 0.29) is 4.90 Å². The molecule has 118 valence electrons. The van der Waals surface area contributed by atoms with Crippen molar-refractivity contribution >= 4 is 27.2 Å². The molecule has 0 aliphatic carbocycles. The zero-order valence-corrected chi connectivity index (χ0v) is 13.5. The van der Waals surface area contributed by atoms with Gasteiger partial charge in [-0.1, -0.05) is 12.1 Å². The summed E-state index contributed by atoms with van der Waals surface area (Å²) in [5.41, 5.74) is 1.75. The van der Waals surface area contributed by atoms with E-state index >= 15 is 0 Å². The van der Waals surface area contributed by atoms with Gasteiger partial charge in [-0.25, -0.2) is 12.4 Å². The van der Waals surface area contributed by atoms with E-state index in [4.69, 9.17) is 4.74 Å². The van der Waals surface area contributed by atoms with Gasteiger partial charge in [0.05, 0.1) is 17.5 Å². The molecule has 1 heterocycles. The molecule has 0 spiro atoms. The largest absolute Gasteiger partial charge is 0.497 e. The number of aromatic nitrogens is 1. The van der Waals surface area contributed by atoms with Crippen LogP contribution >= 0.6 is 0 Å². The Labute approximate surface area is 134 Å². The van der Waals surface area contributed by atoms with Crippen molar-refractivity contribution < 1.29 is 17.9 Å². The summed E-state index contributed by atoms with van der Waals surface area (Å²) in [6, 6.07) is 11.5. The highest BCUT2D eigenvalue weighted by molar-refractivity contribution is 7.90. The molecule has 0 unspecified atom stereocenters. The highest BCUT2D eigenvalue weighted by Gasteiger charge is 2.21. The zero-order valence-electron chi connectivity index (χ0n) is 12.7. The van der Waals surface area contributed by atoms with Crippen LogP contribution in [0.4, 0.5) is 0 Å². The molecule has 23 heavy (non-hydrogen) atoms. The summed E-state index contributed by atoms with van der Waals surface area (Å²) in [4.78, 5) is 11.4. The van der Waals surface area contributed by atoms with Crippen molar-refractivity contribution in [2.75, 3.05) is 7.11 Å². The summed E-state index contributed by atoms with van der Waals surface area (Å²) in [5, 5.41) is 0.614. The van der Waals surface area contributed by atoms with Gasteiger partial charge in [0, 0.05) is 17.1 Å². The minimum absolute atomic E-state index is 0.133. The summed E-state index contributed by atoms with van der Waals surface area (Å²) in [6.07, 6.45) is 2.02. The SMILES string of the molecule is COc1ccc(S(=O)(=O)n2cc(C=O)c3ccc(C)cc32)cc1. The monoisotopic (exact) mass is 329 g/mol.